The molecular formula is C31H36N2O3. The number of para-hydroxylation sites is 1. The number of carbonyl (C=O) groups excluding carboxylic acids is 2. The Bertz CT molecular complexity index is 1240. The number of piperidine rings is 1. The Balaban J connectivity index is 1.31. The average molecular weight is 485 g/mol. The molecule has 5 rings (SSSR count). The van der Waals surface area contributed by atoms with E-state index in [1.54, 1.807) is 0 Å². The molecule has 0 bridgehead atoms. The highest BCUT2D eigenvalue weighted by molar-refractivity contribution is 5.87. The van der Waals surface area contributed by atoms with Gasteiger partial charge in [-0.2, -0.15) is 0 Å². The molecular weight excluding hydrogens is 448 g/mol. The van der Waals surface area contributed by atoms with Crippen molar-refractivity contribution in [2.45, 2.75) is 44.9 Å². The van der Waals surface area contributed by atoms with Crippen LogP contribution in [0.4, 0.5) is 0 Å². The molecule has 1 spiro atoms. The summed E-state index contributed by atoms with van der Waals surface area (Å²) in [7, 11) is 1.88. The summed E-state index contributed by atoms with van der Waals surface area (Å²) < 4.78 is 6.05. The van der Waals surface area contributed by atoms with Crippen LogP contribution < -0.4 is 4.74 Å². The van der Waals surface area contributed by atoms with Crippen LogP contribution in [0.3, 0.4) is 0 Å². The summed E-state index contributed by atoms with van der Waals surface area (Å²) in [5, 5.41) is 2.33. The number of hydrogen-bond donors (Lipinski definition) is 0. The Hall–Kier alpha value is -3.34. The van der Waals surface area contributed by atoms with E-state index in [-0.39, 0.29) is 11.8 Å². The predicted octanol–water partition coefficient (Wildman–Crippen LogP) is 5.25. The Morgan fingerprint density at radius 3 is 2.58 bits per heavy atom. The molecule has 188 valence electrons. The minimum atomic E-state index is -0.509. The highest BCUT2D eigenvalue weighted by atomic mass is 16.5. The van der Waals surface area contributed by atoms with Gasteiger partial charge in [-0.15, -0.1) is 0 Å². The summed E-state index contributed by atoms with van der Waals surface area (Å²) in [4.78, 5) is 31.0. The maximum atomic E-state index is 13.8. The molecule has 0 radical (unpaired) electrons. The van der Waals surface area contributed by atoms with Gasteiger partial charge in [-0.25, -0.2) is 0 Å². The first-order valence-electron chi connectivity index (χ1n) is 13.3. The van der Waals surface area contributed by atoms with Gasteiger partial charge in [-0.1, -0.05) is 67.1 Å². The standard InChI is InChI=1S/C31H36N2O3/c1-32-19-20-36-28-13-5-4-10-26(28)11-6-7-16-31(30(32)35)17-8-18-33(23-31)29(34)22-24-14-15-25-9-2-3-12-27(25)21-24/h2-5,9-10,12-15,21H,6-8,11,16-20,22-23H2,1H3. The molecule has 1 unspecified atom stereocenters. The van der Waals surface area contributed by atoms with Crippen LogP contribution in [0.15, 0.2) is 66.7 Å². The van der Waals surface area contributed by atoms with E-state index in [0.717, 1.165) is 61.8 Å². The number of fused-ring (bicyclic) bond motifs is 2. The van der Waals surface area contributed by atoms with Crippen molar-refractivity contribution < 1.29 is 14.3 Å². The molecule has 0 saturated carbocycles. The van der Waals surface area contributed by atoms with E-state index < -0.39 is 5.41 Å². The zero-order valence-electron chi connectivity index (χ0n) is 21.2. The second-order valence-corrected chi connectivity index (χ2v) is 10.4. The van der Waals surface area contributed by atoms with E-state index in [1.807, 2.05) is 47.2 Å². The van der Waals surface area contributed by atoms with Gasteiger partial charge in [0.2, 0.25) is 11.8 Å². The number of benzene rings is 3. The molecule has 2 aliphatic rings. The maximum absolute atomic E-state index is 13.8. The van der Waals surface area contributed by atoms with Crippen molar-refractivity contribution in [2.24, 2.45) is 5.41 Å². The Kier molecular flexibility index (Phi) is 7.26. The molecule has 2 amide bonds. The van der Waals surface area contributed by atoms with Gasteiger partial charge in [0.25, 0.3) is 0 Å². The van der Waals surface area contributed by atoms with Crippen molar-refractivity contribution in [1.29, 1.82) is 0 Å². The molecule has 3 aromatic rings. The lowest BCUT2D eigenvalue weighted by molar-refractivity contribution is -0.149. The molecule has 0 N–H and O–H groups in total. The monoisotopic (exact) mass is 484 g/mol. The molecule has 0 aliphatic carbocycles. The van der Waals surface area contributed by atoms with Crippen LogP contribution in [0.1, 0.15) is 43.2 Å². The highest BCUT2D eigenvalue weighted by Gasteiger charge is 2.44. The van der Waals surface area contributed by atoms with Gasteiger partial charge < -0.3 is 14.5 Å². The summed E-state index contributed by atoms with van der Waals surface area (Å²) in [6.07, 6.45) is 5.80. The third-order valence-electron chi connectivity index (χ3n) is 7.91. The van der Waals surface area contributed by atoms with Crippen molar-refractivity contribution in [3.05, 3.63) is 77.9 Å². The Labute approximate surface area is 214 Å². The summed E-state index contributed by atoms with van der Waals surface area (Å²) >= 11 is 0. The highest BCUT2D eigenvalue weighted by Crippen LogP contribution is 2.38. The fraction of sp³-hybridized carbons (Fsp3) is 0.419. The quantitative estimate of drug-likeness (QED) is 0.499. The van der Waals surface area contributed by atoms with Gasteiger partial charge in [0, 0.05) is 20.1 Å². The summed E-state index contributed by atoms with van der Waals surface area (Å²) in [6.45, 7) is 2.25. The first-order chi connectivity index (χ1) is 17.5. The normalized spacial score (nSPS) is 21.4. The van der Waals surface area contributed by atoms with Crippen LogP contribution in [-0.2, 0) is 22.4 Å². The summed E-state index contributed by atoms with van der Waals surface area (Å²) in [6, 6.07) is 22.7. The number of ether oxygens (including phenoxy) is 1. The minimum Gasteiger partial charge on any atom is -0.491 e. The number of likely N-dealkylation sites (N-methyl/N-ethyl adjacent to an activating group) is 1. The third-order valence-corrected chi connectivity index (χ3v) is 7.91. The lowest BCUT2D eigenvalue weighted by atomic mass is 9.74. The van der Waals surface area contributed by atoms with Crippen molar-refractivity contribution in [3.63, 3.8) is 0 Å². The van der Waals surface area contributed by atoms with Crippen LogP contribution >= 0.6 is 0 Å². The largest absolute Gasteiger partial charge is 0.491 e. The van der Waals surface area contributed by atoms with Crippen LogP contribution in [0.25, 0.3) is 10.8 Å². The molecule has 5 nitrogen and oxygen atoms in total. The van der Waals surface area contributed by atoms with Gasteiger partial charge in [0.05, 0.1) is 18.4 Å². The van der Waals surface area contributed by atoms with E-state index in [4.69, 9.17) is 4.74 Å². The molecule has 1 fully saturated rings. The number of aryl methyl sites for hydroxylation is 1. The lowest BCUT2D eigenvalue weighted by Crippen LogP contribution is -2.54. The van der Waals surface area contributed by atoms with E-state index >= 15 is 0 Å². The van der Waals surface area contributed by atoms with E-state index in [0.29, 0.717) is 26.1 Å². The fourth-order valence-corrected chi connectivity index (χ4v) is 5.89. The van der Waals surface area contributed by atoms with Crippen molar-refractivity contribution in [2.75, 3.05) is 33.3 Å². The Morgan fingerprint density at radius 2 is 1.69 bits per heavy atom. The van der Waals surface area contributed by atoms with Gasteiger partial charge >= 0.3 is 0 Å². The third kappa shape index (κ3) is 5.25. The van der Waals surface area contributed by atoms with E-state index in [1.165, 1.54) is 10.9 Å². The minimum absolute atomic E-state index is 0.114. The average Bonchev–Trinajstić information content (AvgIpc) is 2.91. The number of carbonyl (C=O) groups is 2. The first-order valence-corrected chi connectivity index (χ1v) is 13.3. The molecule has 1 saturated heterocycles. The van der Waals surface area contributed by atoms with Crippen molar-refractivity contribution >= 4 is 22.6 Å². The number of rotatable bonds is 2. The topological polar surface area (TPSA) is 49.9 Å². The molecule has 2 aliphatic heterocycles. The van der Waals surface area contributed by atoms with Crippen LogP contribution in [-0.4, -0.2) is 54.9 Å². The molecule has 0 aromatic heterocycles. The van der Waals surface area contributed by atoms with Crippen LogP contribution in [0, 0.1) is 5.41 Å². The number of hydrogen-bond acceptors (Lipinski definition) is 3. The zero-order valence-corrected chi connectivity index (χ0v) is 21.2. The van der Waals surface area contributed by atoms with Gasteiger partial charge in [-0.3, -0.25) is 9.59 Å². The Morgan fingerprint density at radius 1 is 0.917 bits per heavy atom. The van der Waals surface area contributed by atoms with Crippen LogP contribution in [0.2, 0.25) is 0 Å². The lowest BCUT2D eigenvalue weighted by Gasteiger charge is -2.44. The van der Waals surface area contributed by atoms with Gasteiger partial charge in [0.1, 0.15) is 12.4 Å². The SMILES string of the molecule is CN1CCOc2ccccc2CCCCC2(CCCN(C(=O)Cc3ccc4ccccc4c3)C2)C1=O. The first kappa shape index (κ1) is 24.4. The van der Waals surface area contributed by atoms with E-state index in [9.17, 15) is 9.59 Å². The maximum Gasteiger partial charge on any atom is 0.230 e. The number of amides is 2. The molecule has 3 aromatic carbocycles. The summed E-state index contributed by atoms with van der Waals surface area (Å²) in [5.74, 6) is 1.20. The van der Waals surface area contributed by atoms with Crippen molar-refractivity contribution in [1.82, 2.24) is 9.80 Å². The zero-order chi connectivity index (χ0) is 25.0. The molecule has 5 heteroatoms. The molecule has 1 atom stereocenters. The van der Waals surface area contributed by atoms with E-state index in [2.05, 4.69) is 36.4 Å². The number of nitrogens with zero attached hydrogens (tertiary/aromatic N) is 2. The second kappa shape index (κ2) is 10.7. The molecule has 36 heavy (non-hydrogen) atoms. The van der Waals surface area contributed by atoms with Gasteiger partial charge in [0.15, 0.2) is 0 Å². The van der Waals surface area contributed by atoms with Crippen molar-refractivity contribution in [3.8, 4) is 5.75 Å². The number of likely N-dealkylation sites (tertiary alicyclic amines) is 1. The predicted molar refractivity (Wildman–Crippen MR) is 143 cm³/mol. The smallest absolute Gasteiger partial charge is 0.230 e. The summed E-state index contributed by atoms with van der Waals surface area (Å²) in [5.41, 5.74) is 1.75. The second-order valence-electron chi connectivity index (χ2n) is 10.4. The molecule has 2 heterocycles. The van der Waals surface area contributed by atoms with Gasteiger partial charge in [-0.05, 0) is 60.1 Å². The van der Waals surface area contributed by atoms with Crippen LogP contribution in [0.5, 0.6) is 5.75 Å². The fourth-order valence-electron chi connectivity index (χ4n) is 5.89.